The van der Waals surface area contributed by atoms with E-state index in [0.717, 1.165) is 0 Å². The molecule has 0 fully saturated rings. The van der Waals surface area contributed by atoms with E-state index in [0.29, 0.717) is 11.6 Å². The van der Waals surface area contributed by atoms with Crippen molar-refractivity contribution >= 4 is 28.8 Å². The van der Waals surface area contributed by atoms with Gasteiger partial charge in [-0.1, -0.05) is 12.2 Å². The van der Waals surface area contributed by atoms with Gasteiger partial charge in [0.25, 0.3) is 0 Å². The van der Waals surface area contributed by atoms with Gasteiger partial charge in [-0.2, -0.15) is 0 Å². The third kappa shape index (κ3) is 3.16. The summed E-state index contributed by atoms with van der Waals surface area (Å²) in [5.41, 5.74) is 5.95. The van der Waals surface area contributed by atoms with E-state index in [9.17, 15) is 4.79 Å². The molecule has 1 aromatic heterocycles. The molecule has 1 amide bonds. The van der Waals surface area contributed by atoms with Crippen LogP contribution >= 0.6 is 12.2 Å². The van der Waals surface area contributed by atoms with Crippen LogP contribution in [0.5, 0.6) is 5.88 Å². The first-order chi connectivity index (χ1) is 7.54. The minimum atomic E-state index is -0.503. The van der Waals surface area contributed by atoms with E-state index in [4.69, 9.17) is 22.7 Å². The number of hydrogen-bond acceptors (Lipinski definition) is 4. The molecule has 0 aliphatic heterocycles. The number of carbonyl (C=O) groups is 1. The Morgan fingerprint density at radius 1 is 1.62 bits per heavy atom. The van der Waals surface area contributed by atoms with Crippen LogP contribution in [0.2, 0.25) is 0 Å². The smallest absolute Gasteiger partial charge is 0.234 e. The second-order valence-electron chi connectivity index (χ2n) is 3.20. The average Bonchev–Trinajstić information content (AvgIpc) is 2.28. The van der Waals surface area contributed by atoms with Crippen LogP contribution in [-0.4, -0.2) is 23.0 Å². The maximum atomic E-state index is 11.6. The predicted octanol–water partition coefficient (Wildman–Crippen LogP) is 0.951. The molecule has 0 bridgehead atoms. The summed E-state index contributed by atoms with van der Waals surface area (Å²) in [5, 5.41) is 2.65. The normalized spacial score (nSPS) is 11.6. The Kier molecular flexibility index (Phi) is 4.19. The van der Waals surface area contributed by atoms with Crippen molar-refractivity contribution in [3.63, 3.8) is 0 Å². The molecule has 1 unspecified atom stereocenters. The average molecular weight is 239 g/mol. The highest BCUT2D eigenvalue weighted by Crippen LogP contribution is 2.12. The fourth-order valence-electron chi connectivity index (χ4n) is 0.955. The van der Waals surface area contributed by atoms with Gasteiger partial charge in [-0.3, -0.25) is 4.79 Å². The van der Waals surface area contributed by atoms with Crippen molar-refractivity contribution < 1.29 is 9.53 Å². The van der Waals surface area contributed by atoms with Crippen LogP contribution in [0, 0.1) is 5.92 Å². The van der Waals surface area contributed by atoms with E-state index in [1.165, 1.54) is 13.3 Å². The van der Waals surface area contributed by atoms with E-state index in [1.807, 2.05) is 0 Å². The summed E-state index contributed by atoms with van der Waals surface area (Å²) in [7, 11) is 1.52. The molecule has 0 saturated heterocycles. The number of pyridine rings is 1. The maximum absolute atomic E-state index is 11.6. The van der Waals surface area contributed by atoms with Gasteiger partial charge in [0.2, 0.25) is 11.8 Å². The first-order valence-electron chi connectivity index (χ1n) is 4.65. The highest BCUT2D eigenvalue weighted by atomic mass is 32.1. The summed E-state index contributed by atoms with van der Waals surface area (Å²) < 4.78 is 4.90. The van der Waals surface area contributed by atoms with Crippen LogP contribution < -0.4 is 15.8 Å². The van der Waals surface area contributed by atoms with Gasteiger partial charge in [0.05, 0.1) is 29.9 Å². The molecule has 1 heterocycles. The molecular formula is C10H13N3O2S. The highest BCUT2D eigenvalue weighted by Gasteiger charge is 2.15. The van der Waals surface area contributed by atoms with E-state index < -0.39 is 5.92 Å². The van der Waals surface area contributed by atoms with E-state index in [-0.39, 0.29) is 10.9 Å². The van der Waals surface area contributed by atoms with Crippen molar-refractivity contribution in [1.82, 2.24) is 4.98 Å². The molecule has 3 N–H and O–H groups in total. The van der Waals surface area contributed by atoms with Crippen molar-refractivity contribution in [3.8, 4) is 5.88 Å². The Bertz CT molecular complexity index is 392. The highest BCUT2D eigenvalue weighted by molar-refractivity contribution is 7.80. The molecule has 6 heteroatoms. The Morgan fingerprint density at radius 3 is 2.75 bits per heavy atom. The number of aromatic nitrogens is 1. The van der Waals surface area contributed by atoms with Crippen molar-refractivity contribution in [2.45, 2.75) is 6.92 Å². The first kappa shape index (κ1) is 12.4. The standard InChI is InChI=1S/C10H13N3O2S/c1-6(9(11)16)10(14)13-7-3-4-8(15-2)12-5-7/h3-6H,1-2H3,(H2,11,16)(H,13,14). The Balaban J connectivity index is 2.66. The van der Waals surface area contributed by atoms with Gasteiger partial charge in [-0.05, 0) is 13.0 Å². The maximum Gasteiger partial charge on any atom is 0.234 e. The molecule has 5 nitrogen and oxygen atoms in total. The number of thiocarbonyl (C=S) groups is 1. The zero-order valence-corrected chi connectivity index (χ0v) is 9.88. The number of methoxy groups -OCH3 is 1. The lowest BCUT2D eigenvalue weighted by Crippen LogP contribution is -2.30. The Labute approximate surface area is 99.0 Å². The molecule has 0 saturated carbocycles. The number of nitrogens with one attached hydrogen (secondary N) is 1. The number of rotatable bonds is 4. The minimum absolute atomic E-state index is 0.166. The lowest BCUT2D eigenvalue weighted by atomic mass is 10.1. The van der Waals surface area contributed by atoms with Gasteiger partial charge in [-0.25, -0.2) is 4.98 Å². The van der Waals surface area contributed by atoms with Crippen molar-refractivity contribution in [3.05, 3.63) is 18.3 Å². The molecule has 0 aliphatic carbocycles. The van der Waals surface area contributed by atoms with E-state index in [2.05, 4.69) is 10.3 Å². The second kappa shape index (κ2) is 5.41. The summed E-state index contributed by atoms with van der Waals surface area (Å²) in [6.07, 6.45) is 1.50. The minimum Gasteiger partial charge on any atom is -0.481 e. The lowest BCUT2D eigenvalue weighted by Gasteiger charge is -2.10. The molecule has 1 aromatic rings. The molecule has 0 aromatic carbocycles. The largest absolute Gasteiger partial charge is 0.481 e. The summed E-state index contributed by atoms with van der Waals surface area (Å²) in [5.74, 6) is -0.267. The summed E-state index contributed by atoms with van der Waals surface area (Å²) >= 11 is 4.73. The van der Waals surface area contributed by atoms with Crippen molar-refractivity contribution in [1.29, 1.82) is 0 Å². The number of carbonyl (C=O) groups excluding carboxylic acids is 1. The van der Waals surface area contributed by atoms with Gasteiger partial charge in [-0.15, -0.1) is 0 Å². The van der Waals surface area contributed by atoms with Crippen LogP contribution in [0.3, 0.4) is 0 Å². The SMILES string of the molecule is COc1ccc(NC(=O)C(C)C(N)=S)cn1. The first-order valence-corrected chi connectivity index (χ1v) is 5.05. The van der Waals surface area contributed by atoms with E-state index >= 15 is 0 Å². The van der Waals surface area contributed by atoms with Crippen molar-refractivity contribution in [2.75, 3.05) is 12.4 Å². The van der Waals surface area contributed by atoms with Crippen LogP contribution in [0.25, 0.3) is 0 Å². The number of nitrogens with two attached hydrogens (primary N) is 1. The molecular weight excluding hydrogens is 226 g/mol. The van der Waals surface area contributed by atoms with Crippen molar-refractivity contribution in [2.24, 2.45) is 11.7 Å². The lowest BCUT2D eigenvalue weighted by molar-refractivity contribution is -0.117. The second-order valence-corrected chi connectivity index (χ2v) is 3.67. The molecule has 1 rings (SSSR count). The fourth-order valence-corrected chi connectivity index (χ4v) is 1.06. The third-order valence-corrected chi connectivity index (χ3v) is 2.39. The quantitative estimate of drug-likeness (QED) is 0.765. The zero-order valence-electron chi connectivity index (χ0n) is 9.06. The van der Waals surface area contributed by atoms with Gasteiger partial charge in [0, 0.05) is 6.07 Å². The third-order valence-electron chi connectivity index (χ3n) is 2.03. The van der Waals surface area contributed by atoms with Crippen LogP contribution in [0.4, 0.5) is 5.69 Å². The summed E-state index contributed by atoms with van der Waals surface area (Å²) in [4.78, 5) is 15.7. The Hall–Kier alpha value is -1.69. The molecule has 0 aliphatic rings. The molecule has 0 spiro atoms. The van der Waals surface area contributed by atoms with E-state index in [1.54, 1.807) is 19.1 Å². The van der Waals surface area contributed by atoms with Gasteiger partial charge >= 0.3 is 0 Å². The monoisotopic (exact) mass is 239 g/mol. The number of hydrogen-bond donors (Lipinski definition) is 2. The number of ether oxygens (including phenoxy) is 1. The fraction of sp³-hybridized carbons (Fsp3) is 0.300. The van der Waals surface area contributed by atoms with Crippen LogP contribution in [0.1, 0.15) is 6.92 Å². The predicted molar refractivity (Wildman–Crippen MR) is 65.4 cm³/mol. The van der Waals surface area contributed by atoms with Gasteiger partial charge in [0.1, 0.15) is 0 Å². The Morgan fingerprint density at radius 2 is 2.31 bits per heavy atom. The van der Waals surface area contributed by atoms with Gasteiger partial charge in [0.15, 0.2) is 0 Å². The number of amides is 1. The molecule has 16 heavy (non-hydrogen) atoms. The topological polar surface area (TPSA) is 77.2 Å². The van der Waals surface area contributed by atoms with Crippen LogP contribution in [0.15, 0.2) is 18.3 Å². The van der Waals surface area contributed by atoms with Crippen LogP contribution in [-0.2, 0) is 4.79 Å². The molecule has 1 atom stereocenters. The molecule has 0 radical (unpaired) electrons. The van der Waals surface area contributed by atoms with Gasteiger partial charge < -0.3 is 15.8 Å². The summed E-state index contributed by atoms with van der Waals surface area (Å²) in [6.45, 7) is 1.65. The zero-order chi connectivity index (χ0) is 12.1. The number of nitrogens with zero attached hydrogens (tertiary/aromatic N) is 1. The molecule has 86 valence electrons. The summed E-state index contributed by atoms with van der Waals surface area (Å²) in [6, 6.07) is 3.34. The number of anilines is 1.